The molecule has 0 aliphatic carbocycles. The molecule has 0 spiro atoms. The van der Waals surface area contributed by atoms with E-state index < -0.39 is 0 Å². The van der Waals surface area contributed by atoms with Crippen LogP contribution in [0.3, 0.4) is 0 Å². The summed E-state index contributed by atoms with van der Waals surface area (Å²) in [6.07, 6.45) is 0.664. The zero-order valence-corrected chi connectivity index (χ0v) is 16.1. The van der Waals surface area contributed by atoms with Crippen molar-refractivity contribution in [3.8, 4) is 17.6 Å². The molecule has 142 valence electrons. The Hall–Kier alpha value is -3.45. The average molecular weight is 372 g/mol. The van der Waals surface area contributed by atoms with Crippen LogP contribution >= 0.6 is 0 Å². The molecule has 1 N–H and O–H groups in total. The Morgan fingerprint density at radius 2 is 1.39 bits per heavy atom. The summed E-state index contributed by atoms with van der Waals surface area (Å²) in [6, 6.07) is 28.1. The third-order valence-electron chi connectivity index (χ3n) is 4.75. The van der Waals surface area contributed by atoms with Gasteiger partial charge in [0.25, 0.3) is 0 Å². The number of hydrogen-bond donors (Lipinski definition) is 1. The highest BCUT2D eigenvalue weighted by Gasteiger charge is 2.24. The van der Waals surface area contributed by atoms with Crippen LogP contribution in [0.15, 0.2) is 78.9 Å². The topological polar surface area (TPSA) is 54.3 Å². The van der Waals surface area contributed by atoms with E-state index >= 15 is 0 Å². The van der Waals surface area contributed by atoms with Crippen molar-refractivity contribution in [3.05, 3.63) is 90.0 Å². The van der Waals surface area contributed by atoms with E-state index in [9.17, 15) is 5.26 Å². The van der Waals surface area contributed by atoms with Crippen LogP contribution in [0.4, 0.5) is 5.69 Å². The van der Waals surface area contributed by atoms with Gasteiger partial charge in [-0.2, -0.15) is 5.26 Å². The number of ether oxygens (including phenoxy) is 2. The van der Waals surface area contributed by atoms with Crippen molar-refractivity contribution in [2.24, 2.45) is 5.92 Å². The molecule has 0 heterocycles. The first-order chi connectivity index (χ1) is 13.7. The lowest BCUT2D eigenvalue weighted by Gasteiger charge is -2.25. The van der Waals surface area contributed by atoms with Crippen LogP contribution in [-0.4, -0.2) is 14.2 Å². The highest BCUT2D eigenvalue weighted by Crippen LogP contribution is 2.31. The van der Waals surface area contributed by atoms with Gasteiger partial charge in [0, 0.05) is 5.69 Å². The lowest BCUT2D eigenvalue weighted by Crippen LogP contribution is -2.22. The number of methoxy groups -OCH3 is 2. The lowest BCUT2D eigenvalue weighted by atomic mass is 9.88. The monoisotopic (exact) mass is 372 g/mol. The largest absolute Gasteiger partial charge is 0.497 e. The van der Waals surface area contributed by atoms with E-state index in [2.05, 4.69) is 23.5 Å². The predicted octanol–water partition coefficient (Wildman–Crippen LogP) is 5.24. The van der Waals surface area contributed by atoms with Gasteiger partial charge in [-0.15, -0.1) is 0 Å². The van der Waals surface area contributed by atoms with E-state index in [1.165, 1.54) is 0 Å². The van der Waals surface area contributed by atoms with Crippen molar-refractivity contribution in [1.82, 2.24) is 0 Å². The molecule has 3 rings (SSSR count). The van der Waals surface area contributed by atoms with Crippen molar-refractivity contribution in [1.29, 1.82) is 5.26 Å². The van der Waals surface area contributed by atoms with Crippen LogP contribution in [0.1, 0.15) is 17.2 Å². The standard InChI is InChI=1S/C24H24N2O2/c1-27-22-12-8-19(9-13-22)24(26-21-10-14-23(28-2)15-11-21)20(17-25)16-18-6-4-3-5-7-18/h3-15,20,24,26H,16H2,1-2H3/t20?,24-/m1/s1. The van der Waals surface area contributed by atoms with Gasteiger partial charge >= 0.3 is 0 Å². The molecule has 3 aromatic rings. The van der Waals surface area contributed by atoms with Crippen LogP contribution in [0.5, 0.6) is 11.5 Å². The van der Waals surface area contributed by atoms with Crippen molar-refractivity contribution >= 4 is 5.69 Å². The average Bonchev–Trinajstić information content (AvgIpc) is 2.77. The third-order valence-corrected chi connectivity index (χ3v) is 4.75. The minimum atomic E-state index is -0.238. The summed E-state index contributed by atoms with van der Waals surface area (Å²) in [6.45, 7) is 0. The lowest BCUT2D eigenvalue weighted by molar-refractivity contribution is 0.414. The molecule has 0 bridgehead atoms. The molecule has 0 aliphatic rings. The summed E-state index contributed by atoms with van der Waals surface area (Å²) >= 11 is 0. The molecule has 28 heavy (non-hydrogen) atoms. The second kappa shape index (κ2) is 9.48. The van der Waals surface area contributed by atoms with E-state index in [0.29, 0.717) is 6.42 Å². The van der Waals surface area contributed by atoms with Gasteiger partial charge in [-0.05, 0) is 53.9 Å². The van der Waals surface area contributed by atoms with Gasteiger partial charge in [-0.25, -0.2) is 0 Å². The number of nitrogens with one attached hydrogen (secondary N) is 1. The van der Waals surface area contributed by atoms with E-state index in [0.717, 1.165) is 28.3 Å². The summed E-state index contributed by atoms with van der Waals surface area (Å²) in [5.41, 5.74) is 3.12. The molecular weight excluding hydrogens is 348 g/mol. The SMILES string of the molecule is COc1ccc(N[C@H](c2ccc(OC)cc2)C(C#N)Cc2ccccc2)cc1. The molecule has 1 unspecified atom stereocenters. The van der Waals surface area contributed by atoms with E-state index in [1.54, 1.807) is 14.2 Å². The molecule has 0 aromatic heterocycles. The zero-order valence-electron chi connectivity index (χ0n) is 16.1. The molecule has 0 saturated carbocycles. The van der Waals surface area contributed by atoms with Gasteiger partial charge in [-0.3, -0.25) is 0 Å². The molecule has 4 heteroatoms. The maximum absolute atomic E-state index is 9.95. The predicted molar refractivity (Wildman–Crippen MR) is 112 cm³/mol. The first kappa shape index (κ1) is 19.3. The van der Waals surface area contributed by atoms with Crippen LogP contribution in [-0.2, 0) is 6.42 Å². The van der Waals surface area contributed by atoms with Gasteiger partial charge < -0.3 is 14.8 Å². The molecule has 0 radical (unpaired) electrons. The quantitative estimate of drug-likeness (QED) is 0.587. The molecular formula is C24H24N2O2. The maximum Gasteiger partial charge on any atom is 0.119 e. The van der Waals surface area contributed by atoms with Crippen molar-refractivity contribution in [2.45, 2.75) is 12.5 Å². The minimum absolute atomic E-state index is 0.162. The summed E-state index contributed by atoms with van der Waals surface area (Å²) in [4.78, 5) is 0. The van der Waals surface area contributed by atoms with Gasteiger partial charge in [-0.1, -0.05) is 42.5 Å². The number of nitrogens with zero attached hydrogens (tertiary/aromatic N) is 1. The second-order valence-corrected chi connectivity index (χ2v) is 6.55. The summed E-state index contributed by atoms with van der Waals surface area (Å²) in [7, 11) is 3.30. The molecule has 0 amide bonds. The smallest absolute Gasteiger partial charge is 0.119 e. The van der Waals surface area contributed by atoms with Gasteiger partial charge in [0.05, 0.1) is 32.2 Å². The van der Waals surface area contributed by atoms with E-state index in [4.69, 9.17) is 9.47 Å². The van der Waals surface area contributed by atoms with Gasteiger partial charge in [0.1, 0.15) is 11.5 Å². The minimum Gasteiger partial charge on any atom is -0.497 e. The number of anilines is 1. The number of nitriles is 1. The molecule has 2 atom stereocenters. The Morgan fingerprint density at radius 1 is 0.821 bits per heavy atom. The molecule has 0 aliphatic heterocycles. The van der Waals surface area contributed by atoms with Crippen LogP contribution in [0.25, 0.3) is 0 Å². The van der Waals surface area contributed by atoms with E-state index in [1.807, 2.05) is 66.7 Å². The Balaban J connectivity index is 1.90. The molecule has 0 fully saturated rings. The molecule has 4 nitrogen and oxygen atoms in total. The van der Waals surface area contributed by atoms with Crippen molar-refractivity contribution in [2.75, 3.05) is 19.5 Å². The highest BCUT2D eigenvalue weighted by molar-refractivity contribution is 5.49. The molecule has 0 saturated heterocycles. The highest BCUT2D eigenvalue weighted by atomic mass is 16.5. The third kappa shape index (κ3) is 4.83. The fourth-order valence-electron chi connectivity index (χ4n) is 3.20. The number of rotatable bonds is 8. The first-order valence-electron chi connectivity index (χ1n) is 9.21. The zero-order chi connectivity index (χ0) is 19.8. The Kier molecular flexibility index (Phi) is 6.54. The maximum atomic E-state index is 9.95. The Bertz CT molecular complexity index is 900. The Labute approximate surface area is 166 Å². The van der Waals surface area contributed by atoms with E-state index in [-0.39, 0.29) is 12.0 Å². The van der Waals surface area contributed by atoms with Crippen LogP contribution in [0, 0.1) is 17.2 Å². The fraction of sp³-hybridized carbons (Fsp3) is 0.208. The van der Waals surface area contributed by atoms with Gasteiger partial charge in [0.2, 0.25) is 0 Å². The Morgan fingerprint density at radius 3 is 1.93 bits per heavy atom. The summed E-state index contributed by atoms with van der Waals surface area (Å²) in [5, 5.41) is 13.5. The van der Waals surface area contributed by atoms with Gasteiger partial charge in [0.15, 0.2) is 0 Å². The normalized spacial score (nSPS) is 12.5. The van der Waals surface area contributed by atoms with Crippen LogP contribution < -0.4 is 14.8 Å². The summed E-state index contributed by atoms with van der Waals surface area (Å²) < 4.78 is 10.5. The first-order valence-corrected chi connectivity index (χ1v) is 9.21. The fourth-order valence-corrected chi connectivity index (χ4v) is 3.20. The molecule has 3 aromatic carbocycles. The number of benzene rings is 3. The second-order valence-electron chi connectivity index (χ2n) is 6.55. The summed E-state index contributed by atoms with van der Waals surface area (Å²) in [5.74, 6) is 1.36. The van der Waals surface area contributed by atoms with Crippen LogP contribution in [0.2, 0.25) is 0 Å². The van der Waals surface area contributed by atoms with Crippen molar-refractivity contribution in [3.63, 3.8) is 0 Å². The number of hydrogen-bond acceptors (Lipinski definition) is 4. The van der Waals surface area contributed by atoms with Crippen molar-refractivity contribution < 1.29 is 9.47 Å².